The Balaban J connectivity index is 0.00000169. The van der Waals surface area contributed by atoms with Crippen LogP contribution in [0.4, 0.5) is 4.39 Å². The molecule has 1 aromatic rings. The van der Waals surface area contributed by atoms with E-state index in [4.69, 9.17) is 11.0 Å². The molecule has 0 fully saturated rings. The van der Waals surface area contributed by atoms with Gasteiger partial charge in [-0.2, -0.15) is 5.26 Å². The predicted octanol–water partition coefficient (Wildman–Crippen LogP) is 2.92. The van der Waals surface area contributed by atoms with Crippen molar-refractivity contribution in [2.45, 2.75) is 12.5 Å². The molecule has 0 aromatic heterocycles. The van der Waals surface area contributed by atoms with Crippen LogP contribution in [-0.4, -0.2) is 0 Å². The van der Waals surface area contributed by atoms with Gasteiger partial charge in [0.15, 0.2) is 0 Å². The molecule has 76 valence electrons. The van der Waals surface area contributed by atoms with E-state index in [0.717, 1.165) is 5.56 Å². The van der Waals surface area contributed by atoms with Gasteiger partial charge >= 0.3 is 0 Å². The molecular formula is C9H9BrClFN2. The third-order valence-corrected chi connectivity index (χ3v) is 2.29. The fourth-order valence-electron chi connectivity index (χ4n) is 0.959. The van der Waals surface area contributed by atoms with Crippen LogP contribution in [0, 0.1) is 17.1 Å². The Bertz CT molecular complexity index is 351. The number of halogens is 3. The maximum absolute atomic E-state index is 12.8. The molecule has 2 N–H and O–H groups in total. The lowest BCUT2D eigenvalue weighted by atomic mass is 10.1. The lowest BCUT2D eigenvalue weighted by Crippen LogP contribution is -2.09. The van der Waals surface area contributed by atoms with Gasteiger partial charge in [-0.3, -0.25) is 0 Å². The first-order valence-electron chi connectivity index (χ1n) is 3.72. The second-order valence-electron chi connectivity index (χ2n) is 2.64. The van der Waals surface area contributed by atoms with E-state index in [-0.39, 0.29) is 30.7 Å². The number of benzene rings is 1. The monoisotopic (exact) mass is 278 g/mol. The van der Waals surface area contributed by atoms with Gasteiger partial charge in [0, 0.05) is 6.04 Å². The Kier molecular flexibility index (Phi) is 5.70. The Morgan fingerprint density at radius 2 is 2.21 bits per heavy atom. The van der Waals surface area contributed by atoms with Crippen molar-refractivity contribution in [3.05, 3.63) is 34.1 Å². The lowest BCUT2D eigenvalue weighted by Gasteiger charge is -2.07. The zero-order chi connectivity index (χ0) is 9.84. The van der Waals surface area contributed by atoms with Gasteiger partial charge in [-0.05, 0) is 33.6 Å². The van der Waals surface area contributed by atoms with Crippen LogP contribution in [0.5, 0.6) is 0 Å². The Hall–Kier alpha value is -0.630. The van der Waals surface area contributed by atoms with E-state index in [0.29, 0.717) is 4.47 Å². The van der Waals surface area contributed by atoms with E-state index in [1.807, 2.05) is 6.07 Å². The fourth-order valence-corrected chi connectivity index (χ4v) is 1.36. The molecule has 14 heavy (non-hydrogen) atoms. The van der Waals surface area contributed by atoms with E-state index in [2.05, 4.69) is 15.9 Å². The zero-order valence-corrected chi connectivity index (χ0v) is 9.61. The number of nitriles is 1. The van der Waals surface area contributed by atoms with Gasteiger partial charge in [-0.15, -0.1) is 12.4 Å². The van der Waals surface area contributed by atoms with Crippen molar-refractivity contribution in [2.75, 3.05) is 0 Å². The average molecular weight is 280 g/mol. The molecule has 5 heteroatoms. The van der Waals surface area contributed by atoms with Crippen molar-refractivity contribution < 1.29 is 4.39 Å². The minimum absolute atomic E-state index is 0. The molecular weight excluding hydrogens is 270 g/mol. The second-order valence-corrected chi connectivity index (χ2v) is 3.50. The lowest BCUT2D eigenvalue weighted by molar-refractivity contribution is 0.618. The normalized spacial score (nSPS) is 11.3. The number of rotatable bonds is 2. The van der Waals surface area contributed by atoms with E-state index < -0.39 is 0 Å². The van der Waals surface area contributed by atoms with Gasteiger partial charge in [0.1, 0.15) is 5.82 Å². The molecule has 0 heterocycles. The SMILES string of the molecule is Cl.N#CC[C@H](N)c1ccc(F)c(Br)c1. The maximum Gasteiger partial charge on any atom is 0.137 e. The molecule has 0 aliphatic heterocycles. The van der Waals surface area contributed by atoms with Crippen LogP contribution in [-0.2, 0) is 0 Å². The smallest absolute Gasteiger partial charge is 0.137 e. The van der Waals surface area contributed by atoms with E-state index in [1.165, 1.54) is 6.07 Å². The highest BCUT2D eigenvalue weighted by atomic mass is 79.9. The highest BCUT2D eigenvalue weighted by Crippen LogP contribution is 2.21. The fraction of sp³-hybridized carbons (Fsp3) is 0.222. The first kappa shape index (κ1) is 13.4. The molecule has 0 bridgehead atoms. The summed E-state index contributed by atoms with van der Waals surface area (Å²) < 4.78 is 13.2. The van der Waals surface area contributed by atoms with Gasteiger partial charge in [0.05, 0.1) is 17.0 Å². The molecule has 0 radical (unpaired) electrons. The van der Waals surface area contributed by atoms with E-state index in [9.17, 15) is 4.39 Å². The van der Waals surface area contributed by atoms with E-state index >= 15 is 0 Å². The van der Waals surface area contributed by atoms with Crippen molar-refractivity contribution in [1.82, 2.24) is 0 Å². The highest BCUT2D eigenvalue weighted by Gasteiger charge is 2.07. The largest absolute Gasteiger partial charge is 0.323 e. The molecule has 0 unspecified atom stereocenters. The van der Waals surface area contributed by atoms with Crippen LogP contribution < -0.4 is 5.73 Å². The van der Waals surface area contributed by atoms with Crippen LogP contribution in [0.3, 0.4) is 0 Å². The van der Waals surface area contributed by atoms with Crippen LogP contribution in [0.25, 0.3) is 0 Å². The highest BCUT2D eigenvalue weighted by molar-refractivity contribution is 9.10. The topological polar surface area (TPSA) is 49.8 Å². The molecule has 0 spiro atoms. The summed E-state index contributed by atoms with van der Waals surface area (Å²) in [6.07, 6.45) is 0.234. The third-order valence-electron chi connectivity index (χ3n) is 1.68. The molecule has 0 amide bonds. The van der Waals surface area contributed by atoms with Crippen LogP contribution >= 0.6 is 28.3 Å². The summed E-state index contributed by atoms with van der Waals surface area (Å²) in [7, 11) is 0. The molecule has 0 saturated carbocycles. The third kappa shape index (κ3) is 3.26. The van der Waals surface area contributed by atoms with Gasteiger partial charge in [-0.25, -0.2) is 4.39 Å². The summed E-state index contributed by atoms with van der Waals surface area (Å²) >= 11 is 3.05. The summed E-state index contributed by atoms with van der Waals surface area (Å²) in [4.78, 5) is 0. The van der Waals surface area contributed by atoms with Crippen molar-refractivity contribution in [3.63, 3.8) is 0 Å². The number of nitrogens with zero attached hydrogens (tertiary/aromatic N) is 1. The summed E-state index contributed by atoms with van der Waals surface area (Å²) in [5, 5.41) is 8.41. The van der Waals surface area contributed by atoms with Gasteiger partial charge in [0.25, 0.3) is 0 Å². The summed E-state index contributed by atoms with van der Waals surface area (Å²) in [6, 6.07) is 6.13. The molecule has 1 atom stereocenters. The first-order chi connectivity index (χ1) is 6.15. The van der Waals surface area contributed by atoms with Crippen molar-refractivity contribution in [3.8, 4) is 6.07 Å². The summed E-state index contributed by atoms with van der Waals surface area (Å²) in [6.45, 7) is 0. The predicted molar refractivity (Wildman–Crippen MR) is 58.5 cm³/mol. The molecule has 1 aromatic carbocycles. The van der Waals surface area contributed by atoms with E-state index in [1.54, 1.807) is 12.1 Å². The van der Waals surface area contributed by atoms with Gasteiger partial charge in [0.2, 0.25) is 0 Å². The van der Waals surface area contributed by atoms with Crippen LogP contribution in [0.15, 0.2) is 22.7 Å². The van der Waals surface area contributed by atoms with Crippen LogP contribution in [0.2, 0.25) is 0 Å². The first-order valence-corrected chi connectivity index (χ1v) is 4.52. The number of hydrogen-bond donors (Lipinski definition) is 1. The molecule has 0 aliphatic carbocycles. The second kappa shape index (κ2) is 5.97. The summed E-state index contributed by atoms with van der Waals surface area (Å²) in [5.41, 5.74) is 6.42. The summed E-state index contributed by atoms with van der Waals surface area (Å²) in [5.74, 6) is -0.326. The maximum atomic E-state index is 12.8. The van der Waals surface area contributed by atoms with Crippen LogP contribution in [0.1, 0.15) is 18.0 Å². The van der Waals surface area contributed by atoms with Crippen molar-refractivity contribution >= 4 is 28.3 Å². The van der Waals surface area contributed by atoms with Gasteiger partial charge in [-0.1, -0.05) is 6.07 Å². The quantitative estimate of drug-likeness (QED) is 0.905. The molecule has 1 rings (SSSR count). The Morgan fingerprint density at radius 3 is 2.71 bits per heavy atom. The Labute approximate surface area is 96.4 Å². The number of hydrogen-bond acceptors (Lipinski definition) is 2. The van der Waals surface area contributed by atoms with Gasteiger partial charge < -0.3 is 5.73 Å². The van der Waals surface area contributed by atoms with Crippen molar-refractivity contribution in [2.24, 2.45) is 5.73 Å². The Morgan fingerprint density at radius 1 is 1.57 bits per heavy atom. The molecule has 0 saturated heterocycles. The minimum Gasteiger partial charge on any atom is -0.323 e. The zero-order valence-electron chi connectivity index (χ0n) is 7.21. The average Bonchev–Trinajstić information content (AvgIpc) is 2.10. The number of nitrogens with two attached hydrogens (primary N) is 1. The van der Waals surface area contributed by atoms with Crippen molar-refractivity contribution in [1.29, 1.82) is 5.26 Å². The standard InChI is InChI=1S/C9H8BrFN2.ClH/c10-7-5-6(1-2-8(7)11)9(13)3-4-12;/h1-2,5,9H,3,13H2;1H/t9-;/m0./s1. The molecule has 0 aliphatic rings. The molecule has 2 nitrogen and oxygen atoms in total. The minimum atomic E-state index is -0.345.